The van der Waals surface area contributed by atoms with E-state index in [1.165, 1.54) is 0 Å². The van der Waals surface area contributed by atoms with Crippen LogP contribution in [0.15, 0.2) is 30.7 Å². The van der Waals surface area contributed by atoms with Crippen molar-refractivity contribution in [1.29, 1.82) is 0 Å². The summed E-state index contributed by atoms with van der Waals surface area (Å²) < 4.78 is 1.62. The van der Waals surface area contributed by atoms with Crippen LogP contribution in [0.2, 0.25) is 0 Å². The van der Waals surface area contributed by atoms with Crippen molar-refractivity contribution in [3.63, 3.8) is 0 Å². The monoisotopic (exact) mass is 314 g/mol. The van der Waals surface area contributed by atoms with Crippen molar-refractivity contribution in [1.82, 2.24) is 19.7 Å². The Labute approximate surface area is 133 Å². The summed E-state index contributed by atoms with van der Waals surface area (Å²) in [6.45, 7) is 2.60. The van der Waals surface area contributed by atoms with Gasteiger partial charge in [-0.1, -0.05) is 0 Å². The number of primary amides is 1. The molecule has 0 aromatic carbocycles. The van der Waals surface area contributed by atoms with Crippen LogP contribution < -0.4 is 10.6 Å². The molecule has 8 nitrogen and oxygen atoms in total. The number of aryl methyl sites for hydroxylation is 1. The Hall–Kier alpha value is -2.90. The number of hydrogen-bond acceptors (Lipinski definition) is 5. The van der Waals surface area contributed by atoms with Gasteiger partial charge in [0.1, 0.15) is 5.69 Å². The van der Waals surface area contributed by atoms with Crippen LogP contribution in [-0.2, 0) is 7.05 Å². The Bertz CT molecular complexity index is 733. The van der Waals surface area contributed by atoms with Gasteiger partial charge in [0, 0.05) is 51.3 Å². The second-order valence-electron chi connectivity index (χ2n) is 5.45. The lowest BCUT2D eigenvalue weighted by molar-refractivity contribution is 0.0746. The van der Waals surface area contributed by atoms with Gasteiger partial charge >= 0.3 is 0 Å². The van der Waals surface area contributed by atoms with Crippen LogP contribution in [0.25, 0.3) is 0 Å². The molecule has 2 amide bonds. The molecule has 2 aromatic heterocycles. The standard InChI is InChI=1S/C15H18N6O2/c1-19-10-11(9-18-19)15(23)21-6-4-20(5-7-21)12-2-3-17-13(8-12)14(16)22/h2-3,8-10H,4-7H2,1H3,(H2,16,22). The average molecular weight is 314 g/mol. The van der Waals surface area contributed by atoms with Crippen molar-refractivity contribution in [3.8, 4) is 0 Å². The molecule has 0 atom stereocenters. The summed E-state index contributed by atoms with van der Waals surface area (Å²) in [4.78, 5) is 31.5. The van der Waals surface area contributed by atoms with Crippen LogP contribution >= 0.6 is 0 Å². The number of nitrogens with two attached hydrogens (primary N) is 1. The van der Waals surface area contributed by atoms with Crippen molar-refractivity contribution < 1.29 is 9.59 Å². The lowest BCUT2D eigenvalue weighted by Crippen LogP contribution is -2.48. The number of anilines is 1. The number of pyridine rings is 1. The molecule has 8 heteroatoms. The van der Waals surface area contributed by atoms with E-state index in [0.29, 0.717) is 31.7 Å². The third-order valence-electron chi connectivity index (χ3n) is 3.88. The third-order valence-corrected chi connectivity index (χ3v) is 3.88. The fourth-order valence-corrected chi connectivity index (χ4v) is 2.63. The van der Waals surface area contributed by atoms with Crippen LogP contribution in [0, 0.1) is 0 Å². The highest BCUT2D eigenvalue weighted by Gasteiger charge is 2.23. The first-order valence-electron chi connectivity index (χ1n) is 7.33. The van der Waals surface area contributed by atoms with Gasteiger partial charge in [-0.15, -0.1) is 0 Å². The van der Waals surface area contributed by atoms with Gasteiger partial charge in [-0.2, -0.15) is 5.10 Å². The highest BCUT2D eigenvalue weighted by atomic mass is 16.2. The summed E-state index contributed by atoms with van der Waals surface area (Å²) >= 11 is 0. The minimum absolute atomic E-state index is 0.00898. The largest absolute Gasteiger partial charge is 0.368 e. The number of amides is 2. The normalized spacial score (nSPS) is 14.8. The van der Waals surface area contributed by atoms with Crippen LogP contribution in [0.4, 0.5) is 5.69 Å². The lowest BCUT2D eigenvalue weighted by Gasteiger charge is -2.36. The molecular formula is C15H18N6O2. The Balaban J connectivity index is 1.65. The van der Waals surface area contributed by atoms with E-state index in [4.69, 9.17) is 5.73 Å². The van der Waals surface area contributed by atoms with Crippen molar-refractivity contribution >= 4 is 17.5 Å². The van der Waals surface area contributed by atoms with Crippen LogP contribution in [0.5, 0.6) is 0 Å². The Morgan fingerprint density at radius 1 is 1.22 bits per heavy atom. The van der Waals surface area contributed by atoms with E-state index in [9.17, 15) is 9.59 Å². The fraction of sp³-hybridized carbons (Fsp3) is 0.333. The quantitative estimate of drug-likeness (QED) is 0.851. The predicted octanol–water partition coefficient (Wildman–Crippen LogP) is -0.124. The number of carbonyl (C=O) groups excluding carboxylic acids is 2. The zero-order valence-electron chi connectivity index (χ0n) is 12.8. The molecular weight excluding hydrogens is 296 g/mol. The summed E-state index contributed by atoms with van der Waals surface area (Å²) in [6, 6.07) is 3.52. The second-order valence-corrected chi connectivity index (χ2v) is 5.45. The molecule has 1 aliphatic heterocycles. The highest BCUT2D eigenvalue weighted by Crippen LogP contribution is 2.17. The number of aromatic nitrogens is 3. The zero-order chi connectivity index (χ0) is 16.4. The molecule has 2 aromatic rings. The molecule has 0 radical (unpaired) electrons. The first-order chi connectivity index (χ1) is 11.0. The summed E-state index contributed by atoms with van der Waals surface area (Å²) in [5, 5.41) is 4.03. The number of nitrogens with zero attached hydrogens (tertiary/aromatic N) is 5. The Kier molecular flexibility index (Phi) is 3.96. The van der Waals surface area contributed by atoms with E-state index in [2.05, 4.69) is 15.0 Å². The molecule has 0 spiro atoms. The predicted molar refractivity (Wildman–Crippen MR) is 84.1 cm³/mol. The van der Waals surface area contributed by atoms with Gasteiger partial charge in [0.05, 0.1) is 11.8 Å². The summed E-state index contributed by atoms with van der Waals surface area (Å²) in [7, 11) is 1.79. The Morgan fingerprint density at radius 3 is 2.57 bits per heavy atom. The maximum absolute atomic E-state index is 12.4. The van der Waals surface area contributed by atoms with Gasteiger partial charge in [0.25, 0.3) is 11.8 Å². The summed E-state index contributed by atoms with van der Waals surface area (Å²) in [6.07, 6.45) is 4.87. The lowest BCUT2D eigenvalue weighted by atomic mass is 10.2. The highest BCUT2D eigenvalue weighted by molar-refractivity contribution is 5.94. The van der Waals surface area contributed by atoms with E-state index in [1.807, 2.05) is 11.0 Å². The molecule has 3 heterocycles. The van der Waals surface area contributed by atoms with E-state index < -0.39 is 5.91 Å². The van der Waals surface area contributed by atoms with E-state index in [0.717, 1.165) is 5.69 Å². The maximum Gasteiger partial charge on any atom is 0.267 e. The third kappa shape index (κ3) is 3.15. The molecule has 1 saturated heterocycles. The molecule has 0 saturated carbocycles. The van der Waals surface area contributed by atoms with Crippen molar-refractivity contribution in [2.24, 2.45) is 12.8 Å². The molecule has 0 unspecified atom stereocenters. The number of hydrogen-bond donors (Lipinski definition) is 1. The van der Waals surface area contributed by atoms with Gasteiger partial charge in [0.15, 0.2) is 0 Å². The number of piperazine rings is 1. The topological polar surface area (TPSA) is 97.4 Å². The van der Waals surface area contributed by atoms with Gasteiger partial charge in [-0.05, 0) is 12.1 Å². The van der Waals surface area contributed by atoms with Crippen LogP contribution in [0.1, 0.15) is 20.8 Å². The van der Waals surface area contributed by atoms with Crippen molar-refractivity contribution in [2.75, 3.05) is 31.1 Å². The molecule has 1 aliphatic rings. The average Bonchev–Trinajstić information content (AvgIpc) is 3.01. The van der Waals surface area contributed by atoms with Gasteiger partial charge < -0.3 is 15.5 Å². The van der Waals surface area contributed by atoms with E-state index in [1.54, 1.807) is 36.4 Å². The SMILES string of the molecule is Cn1cc(C(=O)N2CCN(c3ccnc(C(N)=O)c3)CC2)cn1. The van der Waals surface area contributed by atoms with Gasteiger partial charge in [-0.3, -0.25) is 19.3 Å². The number of carbonyl (C=O) groups is 2. The first kappa shape index (κ1) is 15.0. The molecule has 3 rings (SSSR count). The first-order valence-corrected chi connectivity index (χ1v) is 7.33. The van der Waals surface area contributed by atoms with Crippen LogP contribution in [0.3, 0.4) is 0 Å². The molecule has 0 bridgehead atoms. The molecule has 120 valence electrons. The van der Waals surface area contributed by atoms with Crippen molar-refractivity contribution in [2.45, 2.75) is 0 Å². The second kappa shape index (κ2) is 6.07. The van der Waals surface area contributed by atoms with Gasteiger partial charge in [0.2, 0.25) is 0 Å². The van der Waals surface area contributed by atoms with E-state index >= 15 is 0 Å². The van der Waals surface area contributed by atoms with Crippen LogP contribution in [-0.4, -0.2) is 57.7 Å². The van der Waals surface area contributed by atoms with Crippen molar-refractivity contribution in [3.05, 3.63) is 42.0 Å². The maximum atomic E-state index is 12.4. The zero-order valence-corrected chi connectivity index (χ0v) is 12.8. The van der Waals surface area contributed by atoms with Gasteiger partial charge in [-0.25, -0.2) is 0 Å². The number of rotatable bonds is 3. The molecule has 1 fully saturated rings. The summed E-state index contributed by atoms with van der Waals surface area (Å²) in [5.41, 5.74) is 7.00. The minimum atomic E-state index is -0.544. The molecule has 23 heavy (non-hydrogen) atoms. The smallest absolute Gasteiger partial charge is 0.267 e. The summed E-state index contributed by atoms with van der Waals surface area (Å²) in [5.74, 6) is -0.553. The fourth-order valence-electron chi connectivity index (χ4n) is 2.63. The molecule has 2 N–H and O–H groups in total. The Morgan fingerprint density at radius 2 is 1.96 bits per heavy atom. The van der Waals surface area contributed by atoms with E-state index in [-0.39, 0.29) is 11.6 Å². The molecule has 0 aliphatic carbocycles. The minimum Gasteiger partial charge on any atom is -0.368 e.